The molecule has 0 aromatic carbocycles. The van der Waals surface area contributed by atoms with Crippen LogP contribution in [0, 0.1) is 27.6 Å². The van der Waals surface area contributed by atoms with E-state index in [1.54, 1.807) is 33.1 Å². The van der Waals surface area contributed by atoms with Gasteiger partial charge in [-0.3, -0.25) is 24.0 Å². The highest BCUT2D eigenvalue weighted by Crippen LogP contribution is 2.81. The van der Waals surface area contributed by atoms with E-state index in [2.05, 4.69) is 0 Å². The molecule has 1 saturated heterocycles. The number of furan rings is 1. The van der Waals surface area contributed by atoms with Gasteiger partial charge in [0.1, 0.15) is 17.8 Å². The van der Waals surface area contributed by atoms with Gasteiger partial charge >= 0.3 is 17.9 Å². The van der Waals surface area contributed by atoms with Crippen LogP contribution in [0.1, 0.15) is 65.9 Å². The Morgan fingerprint density at radius 1 is 1.12 bits per heavy atom. The largest absolute Gasteiger partial charge is 0.504 e. The third-order valence-corrected chi connectivity index (χ3v) is 11.4. The Labute approximate surface area is 248 Å². The van der Waals surface area contributed by atoms with E-state index in [0.717, 1.165) is 12.7 Å². The molecule has 2 heterocycles. The molecule has 0 amide bonds. The van der Waals surface area contributed by atoms with Gasteiger partial charge in [-0.15, -0.1) is 0 Å². The number of epoxide rings is 1. The van der Waals surface area contributed by atoms with Gasteiger partial charge in [0.15, 0.2) is 17.0 Å². The zero-order chi connectivity index (χ0) is 31.5. The molecule has 10 atom stereocenters. The number of ketones is 2. The van der Waals surface area contributed by atoms with Gasteiger partial charge in [-0.25, -0.2) is 0 Å². The first-order valence-electron chi connectivity index (χ1n) is 14.5. The number of ether oxygens (including phenoxy) is 4. The maximum absolute atomic E-state index is 14.8. The molecule has 1 aromatic heterocycles. The number of aliphatic hydroxyl groups is 1. The number of hydrogen-bond donors (Lipinski definition) is 1. The lowest BCUT2D eigenvalue weighted by molar-refractivity contribution is -0.248. The Balaban J connectivity index is 1.69. The summed E-state index contributed by atoms with van der Waals surface area (Å²) in [6, 6.07) is 1.80. The number of fused-ring (bicyclic) bond motifs is 3. The topological polar surface area (TPSA) is 159 Å². The molecule has 230 valence electrons. The van der Waals surface area contributed by atoms with Crippen LogP contribution < -0.4 is 0 Å². The maximum atomic E-state index is 14.8. The molecular formula is C32H36O11. The first-order chi connectivity index (χ1) is 20.1. The monoisotopic (exact) mass is 596 g/mol. The molecular weight excluding hydrogens is 560 g/mol. The molecule has 1 unspecified atom stereocenters. The van der Waals surface area contributed by atoms with Crippen LogP contribution >= 0.6 is 0 Å². The summed E-state index contributed by atoms with van der Waals surface area (Å²) in [6.45, 7) is 9.42. The van der Waals surface area contributed by atoms with E-state index in [4.69, 9.17) is 23.4 Å². The number of Topliss-reactive ketones (excluding diaryl/α,β-unsaturated/α-hetero) is 1. The Hall–Kier alpha value is -3.73. The minimum absolute atomic E-state index is 0.0337. The van der Waals surface area contributed by atoms with E-state index in [-0.39, 0.29) is 17.9 Å². The highest BCUT2D eigenvalue weighted by molar-refractivity contribution is 6.15. The van der Waals surface area contributed by atoms with Gasteiger partial charge in [0.25, 0.3) is 0 Å². The summed E-state index contributed by atoms with van der Waals surface area (Å²) in [5.41, 5.74) is -6.81. The van der Waals surface area contributed by atoms with Gasteiger partial charge in [-0.2, -0.15) is 0 Å². The summed E-state index contributed by atoms with van der Waals surface area (Å²) >= 11 is 0. The third kappa shape index (κ3) is 3.16. The van der Waals surface area contributed by atoms with Gasteiger partial charge in [0.2, 0.25) is 5.78 Å². The zero-order valence-electron chi connectivity index (χ0n) is 25.2. The molecule has 1 aliphatic heterocycles. The second-order valence-corrected chi connectivity index (χ2v) is 13.1. The Bertz CT molecular complexity index is 1520. The van der Waals surface area contributed by atoms with Crippen LogP contribution in [0.3, 0.4) is 0 Å². The summed E-state index contributed by atoms with van der Waals surface area (Å²) in [7, 11) is 1.12. The molecule has 2 saturated carbocycles. The Morgan fingerprint density at radius 3 is 2.40 bits per heavy atom. The van der Waals surface area contributed by atoms with Crippen molar-refractivity contribution in [2.45, 2.75) is 84.2 Å². The van der Waals surface area contributed by atoms with E-state index >= 15 is 0 Å². The number of carbonyl (C=O) groups is 5. The van der Waals surface area contributed by atoms with Gasteiger partial charge in [0, 0.05) is 41.6 Å². The molecule has 0 bridgehead atoms. The molecule has 6 rings (SSSR count). The molecule has 5 aliphatic rings. The average molecular weight is 597 g/mol. The molecule has 11 nitrogen and oxygen atoms in total. The number of aliphatic hydroxyl groups excluding tert-OH is 1. The van der Waals surface area contributed by atoms with E-state index in [0.29, 0.717) is 6.42 Å². The van der Waals surface area contributed by atoms with Crippen molar-refractivity contribution in [3.8, 4) is 0 Å². The normalized spacial score (nSPS) is 44.1. The lowest BCUT2D eigenvalue weighted by Gasteiger charge is -2.65. The van der Waals surface area contributed by atoms with Crippen molar-refractivity contribution in [2.75, 3.05) is 7.11 Å². The third-order valence-electron chi connectivity index (χ3n) is 11.4. The average Bonchev–Trinajstić information content (AvgIpc) is 3.32. The minimum Gasteiger partial charge on any atom is -0.504 e. The van der Waals surface area contributed by atoms with Crippen LogP contribution in [0.25, 0.3) is 0 Å². The highest BCUT2D eigenvalue weighted by atomic mass is 16.6. The molecule has 0 radical (unpaired) electrons. The first kappa shape index (κ1) is 29.3. The van der Waals surface area contributed by atoms with Gasteiger partial charge in [-0.1, -0.05) is 26.8 Å². The Kier molecular flexibility index (Phi) is 6.08. The van der Waals surface area contributed by atoms with Crippen LogP contribution in [-0.2, 0) is 42.9 Å². The zero-order valence-corrected chi connectivity index (χ0v) is 25.2. The molecule has 1 spiro atoms. The van der Waals surface area contributed by atoms with Crippen LogP contribution in [0.15, 0.2) is 46.5 Å². The van der Waals surface area contributed by atoms with Crippen molar-refractivity contribution in [3.05, 3.63) is 47.6 Å². The standard InChI is InChI=1S/C32H36O11/c1-8-20(35)42-26-22(41-15(2)33)24-28(3)11-9-18(34)29(4,27(38)39-7)23(28)21(36)25(37)31(24,6)32-19(43-32)13-17(30(26,32)5)16-10-12-40-14-16/h9-12,14,17,19,22,24,26,36H,8,13H2,1-7H3/t17-,19+,22+,24?,26-,28-,29-,30+,31-,32+/m0/s1. The number of methoxy groups -OCH3 is 1. The van der Waals surface area contributed by atoms with E-state index in [1.807, 2.05) is 6.92 Å². The van der Waals surface area contributed by atoms with Gasteiger partial charge in [-0.05, 0) is 38.0 Å². The SMILES string of the molecule is CCC(=O)O[C@H]1[C@H](OC(C)=O)C2[C@@]3(C)C=CC(=O)[C@](C)(C(=O)OC)C3=C(O)C(=O)[C@@]2(C)[C@@]23O[C@@H]2C[C@@H](c2ccoc2)[C@]13C. The fourth-order valence-corrected chi connectivity index (χ4v) is 9.72. The van der Waals surface area contributed by atoms with E-state index < -0.39 is 86.7 Å². The summed E-state index contributed by atoms with van der Waals surface area (Å²) in [5.74, 6) is -5.70. The van der Waals surface area contributed by atoms with E-state index in [1.165, 1.54) is 32.3 Å². The number of esters is 3. The fraction of sp³-hybridized carbons (Fsp3) is 0.594. The predicted molar refractivity (Wildman–Crippen MR) is 146 cm³/mol. The highest BCUT2D eigenvalue weighted by Gasteiger charge is 2.92. The summed E-state index contributed by atoms with van der Waals surface area (Å²) < 4.78 is 29.3. The van der Waals surface area contributed by atoms with Crippen LogP contribution in [0.4, 0.5) is 0 Å². The Morgan fingerprint density at radius 2 is 1.81 bits per heavy atom. The van der Waals surface area contributed by atoms with Crippen molar-refractivity contribution < 1.29 is 52.4 Å². The predicted octanol–water partition coefficient (Wildman–Crippen LogP) is 3.52. The smallest absolute Gasteiger partial charge is 0.323 e. The van der Waals surface area contributed by atoms with Crippen molar-refractivity contribution in [1.29, 1.82) is 0 Å². The summed E-state index contributed by atoms with van der Waals surface area (Å²) in [5, 5.41) is 11.8. The lowest BCUT2D eigenvalue weighted by Crippen LogP contribution is -2.76. The van der Waals surface area contributed by atoms with E-state index in [9.17, 15) is 29.1 Å². The van der Waals surface area contributed by atoms with Crippen molar-refractivity contribution in [1.82, 2.24) is 0 Å². The molecule has 3 fully saturated rings. The maximum Gasteiger partial charge on any atom is 0.323 e. The lowest BCUT2D eigenvalue weighted by atomic mass is 9.38. The van der Waals surface area contributed by atoms with Gasteiger partial charge < -0.3 is 28.5 Å². The second-order valence-electron chi connectivity index (χ2n) is 13.1. The molecule has 1 aromatic rings. The minimum atomic E-state index is -2.05. The molecule has 4 aliphatic carbocycles. The molecule has 43 heavy (non-hydrogen) atoms. The molecule has 11 heteroatoms. The number of rotatable bonds is 5. The van der Waals surface area contributed by atoms with Crippen LogP contribution in [0.2, 0.25) is 0 Å². The quantitative estimate of drug-likeness (QED) is 0.229. The van der Waals surface area contributed by atoms with Crippen molar-refractivity contribution in [2.24, 2.45) is 27.6 Å². The van der Waals surface area contributed by atoms with Crippen molar-refractivity contribution in [3.63, 3.8) is 0 Å². The van der Waals surface area contributed by atoms with Crippen LogP contribution in [0.5, 0.6) is 0 Å². The molecule has 1 N–H and O–H groups in total. The fourth-order valence-electron chi connectivity index (χ4n) is 9.72. The first-order valence-corrected chi connectivity index (χ1v) is 14.5. The number of allylic oxidation sites excluding steroid dienone is 3. The van der Waals surface area contributed by atoms with Gasteiger partial charge in [0.05, 0.1) is 31.2 Å². The summed E-state index contributed by atoms with van der Waals surface area (Å²) in [6.07, 6.45) is 3.54. The number of carbonyl (C=O) groups excluding carboxylic acids is 5. The van der Waals surface area contributed by atoms with Crippen molar-refractivity contribution >= 4 is 29.5 Å². The number of hydrogen-bond acceptors (Lipinski definition) is 11. The second kappa shape index (κ2) is 8.90. The summed E-state index contributed by atoms with van der Waals surface area (Å²) in [4.78, 5) is 67.3. The van der Waals surface area contributed by atoms with Crippen LogP contribution in [-0.4, -0.2) is 65.6 Å².